The maximum atomic E-state index is 12.6. The van der Waals surface area contributed by atoms with Crippen LogP contribution in [-0.4, -0.2) is 37.1 Å². The molecule has 0 saturated carbocycles. The van der Waals surface area contributed by atoms with E-state index in [2.05, 4.69) is 39.9 Å². The Kier molecular flexibility index (Phi) is 7.35. The number of unbranched alkanes of at least 4 members (excludes halogenated alkanes) is 1. The van der Waals surface area contributed by atoms with Crippen molar-refractivity contribution in [1.29, 1.82) is 0 Å². The third-order valence-electron chi connectivity index (χ3n) is 4.63. The van der Waals surface area contributed by atoms with E-state index in [9.17, 15) is 9.59 Å². The van der Waals surface area contributed by atoms with Crippen LogP contribution in [0.2, 0.25) is 0 Å². The molecule has 1 heterocycles. The van der Waals surface area contributed by atoms with Crippen LogP contribution in [0.4, 0.5) is 5.69 Å². The van der Waals surface area contributed by atoms with Gasteiger partial charge in [-0.15, -0.1) is 5.10 Å². The summed E-state index contributed by atoms with van der Waals surface area (Å²) >= 11 is 1.28. The van der Waals surface area contributed by atoms with Crippen molar-refractivity contribution in [3.63, 3.8) is 0 Å². The molecule has 3 aromatic rings. The molecule has 0 fully saturated rings. The zero-order valence-electron chi connectivity index (χ0n) is 17.3. The average Bonchev–Trinajstić information content (AvgIpc) is 3.20. The molecule has 3 rings (SSSR count). The fourth-order valence-corrected chi connectivity index (χ4v) is 3.68. The fourth-order valence-electron chi connectivity index (χ4n) is 2.87. The van der Waals surface area contributed by atoms with E-state index in [0.717, 1.165) is 24.9 Å². The first-order chi connectivity index (χ1) is 14.5. The van der Waals surface area contributed by atoms with Crippen molar-refractivity contribution in [2.24, 2.45) is 0 Å². The Hall–Kier alpha value is -3.00. The number of nitrogens with zero attached hydrogens (tertiary/aromatic N) is 4. The molecule has 7 nitrogen and oxygen atoms in total. The molecule has 0 bridgehead atoms. The molecular formula is C22H25N5O2S. The Morgan fingerprint density at radius 3 is 2.63 bits per heavy atom. The molecule has 0 aliphatic heterocycles. The van der Waals surface area contributed by atoms with E-state index in [4.69, 9.17) is 0 Å². The number of Topliss-reactive ketones (excluding diaryl/α,β-unsaturated/α-hetero) is 1. The van der Waals surface area contributed by atoms with Gasteiger partial charge in [-0.25, -0.2) is 0 Å². The Labute approximate surface area is 180 Å². The molecule has 0 unspecified atom stereocenters. The lowest BCUT2D eigenvalue weighted by atomic mass is 10.1. The fraction of sp³-hybridized carbons (Fsp3) is 0.318. The number of aryl methyl sites for hydroxylation is 1. The van der Waals surface area contributed by atoms with Crippen LogP contribution in [0.1, 0.15) is 49.5 Å². The SMILES string of the molecule is CCCCc1ccc(-n2nnnc2S[C@H](C)C(=O)Nc2cccc(C(C)=O)c2)cc1. The van der Waals surface area contributed by atoms with Crippen LogP contribution >= 0.6 is 11.8 Å². The lowest BCUT2D eigenvalue weighted by Crippen LogP contribution is -2.23. The minimum Gasteiger partial charge on any atom is -0.325 e. The highest BCUT2D eigenvalue weighted by Crippen LogP contribution is 2.24. The number of hydrogen-bond donors (Lipinski definition) is 1. The third kappa shape index (κ3) is 5.54. The summed E-state index contributed by atoms with van der Waals surface area (Å²) in [5.41, 5.74) is 3.27. The van der Waals surface area contributed by atoms with Crippen LogP contribution in [0.3, 0.4) is 0 Å². The maximum Gasteiger partial charge on any atom is 0.237 e. The number of ketones is 1. The number of hydrogen-bond acceptors (Lipinski definition) is 6. The van der Waals surface area contributed by atoms with Gasteiger partial charge in [0.05, 0.1) is 10.9 Å². The number of aromatic nitrogens is 4. The van der Waals surface area contributed by atoms with Crippen molar-refractivity contribution in [2.75, 3.05) is 5.32 Å². The van der Waals surface area contributed by atoms with Crippen LogP contribution in [-0.2, 0) is 11.2 Å². The number of nitrogens with one attached hydrogen (secondary N) is 1. The Balaban J connectivity index is 1.67. The van der Waals surface area contributed by atoms with Crippen LogP contribution in [0, 0.1) is 0 Å². The minimum atomic E-state index is -0.431. The highest BCUT2D eigenvalue weighted by Gasteiger charge is 2.19. The third-order valence-corrected chi connectivity index (χ3v) is 5.66. The predicted octanol–water partition coefficient (Wildman–Crippen LogP) is 4.33. The molecule has 1 aromatic heterocycles. The lowest BCUT2D eigenvalue weighted by Gasteiger charge is -2.12. The first-order valence-corrected chi connectivity index (χ1v) is 10.8. The molecule has 0 aliphatic rings. The first kappa shape index (κ1) is 21.7. The minimum absolute atomic E-state index is 0.0478. The normalized spacial score (nSPS) is 11.8. The van der Waals surface area contributed by atoms with Crippen LogP contribution in [0.15, 0.2) is 53.7 Å². The number of thioether (sulfide) groups is 1. The van der Waals surface area contributed by atoms with Crippen molar-refractivity contribution in [3.05, 3.63) is 59.7 Å². The molecule has 1 atom stereocenters. The van der Waals surface area contributed by atoms with Gasteiger partial charge in [-0.2, -0.15) is 4.68 Å². The van der Waals surface area contributed by atoms with Gasteiger partial charge in [0, 0.05) is 11.3 Å². The van der Waals surface area contributed by atoms with E-state index < -0.39 is 5.25 Å². The monoisotopic (exact) mass is 423 g/mol. The summed E-state index contributed by atoms with van der Waals surface area (Å²) in [7, 11) is 0. The Bertz CT molecular complexity index is 1020. The lowest BCUT2D eigenvalue weighted by molar-refractivity contribution is -0.115. The van der Waals surface area contributed by atoms with Crippen LogP contribution < -0.4 is 5.32 Å². The van der Waals surface area contributed by atoms with E-state index in [1.165, 1.54) is 24.2 Å². The number of tetrazole rings is 1. The zero-order chi connectivity index (χ0) is 21.5. The number of carbonyl (C=O) groups is 2. The summed E-state index contributed by atoms with van der Waals surface area (Å²) in [6.45, 7) is 5.47. The molecule has 0 aliphatic carbocycles. The topological polar surface area (TPSA) is 89.8 Å². The second-order valence-corrected chi connectivity index (χ2v) is 8.34. The average molecular weight is 424 g/mol. The van der Waals surface area contributed by atoms with Gasteiger partial charge in [0.1, 0.15) is 0 Å². The van der Waals surface area contributed by atoms with E-state index in [-0.39, 0.29) is 11.7 Å². The van der Waals surface area contributed by atoms with Crippen molar-refractivity contribution in [3.8, 4) is 5.69 Å². The Morgan fingerprint density at radius 2 is 1.93 bits per heavy atom. The number of carbonyl (C=O) groups excluding carboxylic acids is 2. The number of anilines is 1. The second kappa shape index (κ2) is 10.2. The second-order valence-electron chi connectivity index (χ2n) is 7.03. The summed E-state index contributed by atoms with van der Waals surface area (Å²) in [6.07, 6.45) is 3.37. The smallest absolute Gasteiger partial charge is 0.237 e. The van der Waals surface area contributed by atoms with Gasteiger partial charge in [-0.05, 0) is 66.9 Å². The predicted molar refractivity (Wildman–Crippen MR) is 118 cm³/mol. The highest BCUT2D eigenvalue weighted by molar-refractivity contribution is 8.00. The molecule has 30 heavy (non-hydrogen) atoms. The molecule has 8 heteroatoms. The summed E-state index contributed by atoms with van der Waals surface area (Å²) in [5.74, 6) is -0.237. The van der Waals surface area contributed by atoms with E-state index in [1.807, 2.05) is 12.1 Å². The number of benzene rings is 2. The van der Waals surface area contributed by atoms with Crippen molar-refractivity contribution >= 4 is 29.1 Å². The number of amides is 1. The summed E-state index contributed by atoms with van der Waals surface area (Å²) < 4.78 is 1.63. The van der Waals surface area contributed by atoms with Crippen molar-refractivity contribution < 1.29 is 9.59 Å². The standard InChI is InChI=1S/C22H25N5O2S/c1-4-5-7-17-10-12-20(13-11-17)27-22(24-25-26-27)30-16(3)21(29)23-19-9-6-8-18(14-19)15(2)28/h6,8-14,16H,4-5,7H2,1-3H3,(H,23,29)/t16-/m1/s1. The molecule has 1 amide bonds. The van der Waals surface area contributed by atoms with E-state index in [1.54, 1.807) is 35.9 Å². The quantitative estimate of drug-likeness (QED) is 0.407. The molecule has 156 valence electrons. The van der Waals surface area contributed by atoms with E-state index in [0.29, 0.717) is 16.4 Å². The first-order valence-electron chi connectivity index (χ1n) is 9.94. The summed E-state index contributed by atoms with van der Waals surface area (Å²) in [6, 6.07) is 15.0. The summed E-state index contributed by atoms with van der Waals surface area (Å²) in [5, 5.41) is 14.9. The molecule has 0 radical (unpaired) electrons. The van der Waals surface area contributed by atoms with Crippen LogP contribution in [0.5, 0.6) is 0 Å². The zero-order valence-corrected chi connectivity index (χ0v) is 18.1. The van der Waals surface area contributed by atoms with Crippen molar-refractivity contribution in [2.45, 2.75) is 50.4 Å². The maximum absolute atomic E-state index is 12.6. The Morgan fingerprint density at radius 1 is 1.17 bits per heavy atom. The van der Waals surface area contributed by atoms with Gasteiger partial charge in [0.2, 0.25) is 11.1 Å². The largest absolute Gasteiger partial charge is 0.325 e. The molecule has 1 N–H and O–H groups in total. The van der Waals surface area contributed by atoms with Gasteiger partial charge in [-0.3, -0.25) is 9.59 Å². The van der Waals surface area contributed by atoms with Gasteiger partial charge in [0.25, 0.3) is 0 Å². The summed E-state index contributed by atoms with van der Waals surface area (Å²) in [4.78, 5) is 24.2. The molecule has 0 spiro atoms. The van der Waals surface area contributed by atoms with Gasteiger partial charge < -0.3 is 5.32 Å². The van der Waals surface area contributed by atoms with Crippen molar-refractivity contribution in [1.82, 2.24) is 20.2 Å². The molecular weight excluding hydrogens is 398 g/mol. The molecule has 2 aromatic carbocycles. The number of rotatable bonds is 9. The van der Waals surface area contributed by atoms with E-state index >= 15 is 0 Å². The van der Waals surface area contributed by atoms with Crippen LogP contribution in [0.25, 0.3) is 5.69 Å². The van der Waals surface area contributed by atoms with Gasteiger partial charge in [0.15, 0.2) is 5.78 Å². The molecule has 0 saturated heterocycles. The highest BCUT2D eigenvalue weighted by atomic mass is 32.2. The van der Waals surface area contributed by atoms with Gasteiger partial charge >= 0.3 is 0 Å². The van der Waals surface area contributed by atoms with Gasteiger partial charge in [-0.1, -0.05) is 49.4 Å².